The van der Waals surface area contributed by atoms with E-state index >= 15 is 0 Å². The molecule has 0 spiro atoms. The van der Waals surface area contributed by atoms with Crippen molar-refractivity contribution in [1.29, 1.82) is 0 Å². The zero-order chi connectivity index (χ0) is 13.6. The van der Waals surface area contributed by atoms with Gasteiger partial charge in [-0.3, -0.25) is 0 Å². The molecule has 1 atom stereocenters. The first-order valence-electron chi connectivity index (χ1n) is 6.48. The second kappa shape index (κ2) is 6.55. The van der Waals surface area contributed by atoms with Gasteiger partial charge >= 0.3 is 5.97 Å². The molecular formula is C15H22O3. The molecule has 0 amide bonds. The molecule has 0 fully saturated rings. The minimum absolute atomic E-state index is 0.0415. The number of rotatable bonds is 7. The Kier molecular flexibility index (Phi) is 5.35. The summed E-state index contributed by atoms with van der Waals surface area (Å²) in [4.78, 5) is 11.0. The summed E-state index contributed by atoms with van der Waals surface area (Å²) in [6, 6.07) is 6.89. The van der Waals surface area contributed by atoms with Crippen LogP contribution in [0.25, 0.3) is 0 Å². The van der Waals surface area contributed by atoms with Crippen molar-refractivity contribution >= 4 is 5.97 Å². The fraction of sp³-hybridized carbons (Fsp3) is 0.533. The molecule has 0 aromatic heterocycles. The average Bonchev–Trinajstić information content (AvgIpc) is 2.39. The molecule has 100 valence electrons. The molecule has 0 radical (unpaired) electrons. The van der Waals surface area contributed by atoms with Gasteiger partial charge in [0.05, 0.1) is 12.2 Å². The Morgan fingerprint density at radius 3 is 2.61 bits per heavy atom. The normalized spacial score (nSPS) is 14.2. The maximum absolute atomic E-state index is 11.0. The second-order valence-corrected chi connectivity index (χ2v) is 5.06. The Morgan fingerprint density at radius 1 is 1.33 bits per heavy atom. The van der Waals surface area contributed by atoms with Crippen molar-refractivity contribution < 1.29 is 15.0 Å². The SMILES string of the molecule is CCCCCC(C)(CO)c1cccc(C(=O)O)c1. The van der Waals surface area contributed by atoms with Crippen LogP contribution in [0.1, 0.15) is 55.5 Å². The summed E-state index contributed by atoms with van der Waals surface area (Å²) in [5, 5.41) is 18.6. The van der Waals surface area contributed by atoms with E-state index in [1.54, 1.807) is 18.2 Å². The Labute approximate surface area is 108 Å². The van der Waals surface area contributed by atoms with E-state index in [0.717, 1.165) is 31.2 Å². The number of unbranched alkanes of at least 4 members (excludes halogenated alkanes) is 2. The lowest BCUT2D eigenvalue weighted by atomic mass is 9.78. The van der Waals surface area contributed by atoms with E-state index in [9.17, 15) is 9.90 Å². The molecule has 0 aliphatic rings. The first-order chi connectivity index (χ1) is 8.53. The lowest BCUT2D eigenvalue weighted by Gasteiger charge is -2.28. The maximum Gasteiger partial charge on any atom is 0.335 e. The molecule has 1 unspecified atom stereocenters. The average molecular weight is 250 g/mol. The number of hydrogen-bond acceptors (Lipinski definition) is 2. The largest absolute Gasteiger partial charge is 0.478 e. The number of aliphatic hydroxyl groups is 1. The lowest BCUT2D eigenvalue weighted by molar-refractivity contribution is 0.0696. The molecule has 1 aromatic carbocycles. The van der Waals surface area contributed by atoms with Gasteiger partial charge in [0.25, 0.3) is 0 Å². The van der Waals surface area contributed by atoms with Gasteiger partial charge in [0.2, 0.25) is 0 Å². The minimum Gasteiger partial charge on any atom is -0.478 e. The predicted molar refractivity (Wildman–Crippen MR) is 72.0 cm³/mol. The highest BCUT2D eigenvalue weighted by Gasteiger charge is 2.25. The molecule has 18 heavy (non-hydrogen) atoms. The highest BCUT2D eigenvalue weighted by Crippen LogP contribution is 2.30. The molecule has 0 saturated heterocycles. The van der Waals surface area contributed by atoms with Crippen LogP contribution in [-0.4, -0.2) is 22.8 Å². The molecular weight excluding hydrogens is 228 g/mol. The van der Waals surface area contributed by atoms with Crippen LogP contribution in [0.5, 0.6) is 0 Å². The topological polar surface area (TPSA) is 57.5 Å². The van der Waals surface area contributed by atoms with Crippen molar-refractivity contribution in [1.82, 2.24) is 0 Å². The van der Waals surface area contributed by atoms with Gasteiger partial charge in [-0.1, -0.05) is 45.2 Å². The summed E-state index contributed by atoms with van der Waals surface area (Å²) >= 11 is 0. The fourth-order valence-corrected chi connectivity index (χ4v) is 2.11. The third kappa shape index (κ3) is 3.57. The molecule has 3 nitrogen and oxygen atoms in total. The summed E-state index contributed by atoms with van der Waals surface area (Å²) in [6.45, 7) is 4.17. The molecule has 0 saturated carbocycles. The monoisotopic (exact) mass is 250 g/mol. The number of aliphatic hydroxyl groups excluding tert-OH is 1. The zero-order valence-corrected chi connectivity index (χ0v) is 11.1. The third-order valence-electron chi connectivity index (χ3n) is 3.49. The standard InChI is InChI=1S/C15H22O3/c1-3-4-5-9-15(2,11-16)13-8-6-7-12(10-13)14(17)18/h6-8,10,16H,3-5,9,11H2,1-2H3,(H,17,18). The summed E-state index contributed by atoms with van der Waals surface area (Å²) in [7, 11) is 0. The highest BCUT2D eigenvalue weighted by molar-refractivity contribution is 5.87. The van der Waals surface area contributed by atoms with E-state index in [1.807, 2.05) is 13.0 Å². The Balaban J connectivity index is 2.92. The van der Waals surface area contributed by atoms with E-state index in [-0.39, 0.29) is 17.6 Å². The molecule has 3 heteroatoms. The second-order valence-electron chi connectivity index (χ2n) is 5.06. The summed E-state index contributed by atoms with van der Waals surface area (Å²) < 4.78 is 0. The van der Waals surface area contributed by atoms with Crippen LogP contribution in [0, 0.1) is 0 Å². The molecule has 0 heterocycles. The quantitative estimate of drug-likeness (QED) is 0.730. The van der Waals surface area contributed by atoms with Gasteiger partial charge in [-0.05, 0) is 24.1 Å². The van der Waals surface area contributed by atoms with Crippen molar-refractivity contribution in [2.24, 2.45) is 0 Å². The van der Waals surface area contributed by atoms with Crippen molar-refractivity contribution in [2.45, 2.75) is 44.9 Å². The zero-order valence-electron chi connectivity index (χ0n) is 11.1. The first-order valence-corrected chi connectivity index (χ1v) is 6.48. The summed E-state index contributed by atoms with van der Waals surface area (Å²) in [6.07, 6.45) is 4.19. The summed E-state index contributed by atoms with van der Waals surface area (Å²) in [5.41, 5.74) is 0.837. The van der Waals surface area contributed by atoms with Crippen LogP contribution < -0.4 is 0 Å². The van der Waals surface area contributed by atoms with Gasteiger partial charge in [-0.15, -0.1) is 0 Å². The van der Waals surface area contributed by atoms with Crippen molar-refractivity contribution in [3.8, 4) is 0 Å². The predicted octanol–water partition coefficient (Wildman–Crippen LogP) is 3.22. The highest BCUT2D eigenvalue weighted by atomic mass is 16.4. The number of benzene rings is 1. The number of carbonyl (C=O) groups is 1. The smallest absolute Gasteiger partial charge is 0.335 e. The molecule has 0 aliphatic carbocycles. The van der Waals surface area contributed by atoms with Crippen LogP contribution in [0.4, 0.5) is 0 Å². The van der Waals surface area contributed by atoms with E-state index in [0.29, 0.717) is 0 Å². The van der Waals surface area contributed by atoms with Crippen molar-refractivity contribution in [3.05, 3.63) is 35.4 Å². The van der Waals surface area contributed by atoms with Gasteiger partial charge in [0.1, 0.15) is 0 Å². The van der Waals surface area contributed by atoms with E-state index in [4.69, 9.17) is 5.11 Å². The fourth-order valence-electron chi connectivity index (χ4n) is 2.11. The Bertz CT molecular complexity index is 400. The first kappa shape index (κ1) is 14.7. The van der Waals surface area contributed by atoms with Crippen LogP contribution in [-0.2, 0) is 5.41 Å². The number of hydrogen-bond donors (Lipinski definition) is 2. The minimum atomic E-state index is -0.925. The van der Waals surface area contributed by atoms with E-state index < -0.39 is 5.97 Å². The molecule has 1 aromatic rings. The molecule has 0 bridgehead atoms. The maximum atomic E-state index is 11.0. The van der Waals surface area contributed by atoms with E-state index in [1.165, 1.54) is 0 Å². The van der Waals surface area contributed by atoms with Gasteiger partial charge < -0.3 is 10.2 Å². The Morgan fingerprint density at radius 2 is 2.06 bits per heavy atom. The molecule has 1 rings (SSSR count). The molecule has 0 aliphatic heterocycles. The number of carboxylic acid groups (broad SMARTS) is 1. The number of carboxylic acids is 1. The molecule has 2 N–H and O–H groups in total. The van der Waals surface area contributed by atoms with Gasteiger partial charge in [0.15, 0.2) is 0 Å². The van der Waals surface area contributed by atoms with Crippen LogP contribution in [0.2, 0.25) is 0 Å². The lowest BCUT2D eigenvalue weighted by Crippen LogP contribution is -2.27. The van der Waals surface area contributed by atoms with Gasteiger partial charge in [0, 0.05) is 5.41 Å². The van der Waals surface area contributed by atoms with Crippen LogP contribution in [0.3, 0.4) is 0 Å². The van der Waals surface area contributed by atoms with E-state index in [2.05, 4.69) is 6.92 Å². The van der Waals surface area contributed by atoms with Crippen molar-refractivity contribution in [2.75, 3.05) is 6.61 Å². The third-order valence-corrected chi connectivity index (χ3v) is 3.49. The van der Waals surface area contributed by atoms with Crippen molar-refractivity contribution in [3.63, 3.8) is 0 Å². The Hall–Kier alpha value is -1.35. The van der Waals surface area contributed by atoms with Gasteiger partial charge in [-0.2, -0.15) is 0 Å². The van der Waals surface area contributed by atoms with Crippen LogP contribution in [0.15, 0.2) is 24.3 Å². The van der Waals surface area contributed by atoms with Crippen LogP contribution >= 0.6 is 0 Å². The number of aromatic carboxylic acids is 1. The van der Waals surface area contributed by atoms with Gasteiger partial charge in [-0.25, -0.2) is 4.79 Å². The summed E-state index contributed by atoms with van der Waals surface area (Å²) in [5.74, 6) is -0.925.